The fraction of sp³-hybridized carbons (Fsp3) is 0.600. The zero-order valence-electron chi connectivity index (χ0n) is 12.4. The maximum Gasteiger partial charge on any atom is 0.266 e. The second-order valence-corrected chi connectivity index (χ2v) is 5.92. The van der Waals surface area contributed by atoms with Crippen LogP contribution in [-0.2, 0) is 16.1 Å². The molecule has 7 heteroatoms. The Labute approximate surface area is 128 Å². The van der Waals surface area contributed by atoms with E-state index >= 15 is 0 Å². The van der Waals surface area contributed by atoms with Gasteiger partial charge in [-0.3, -0.25) is 14.4 Å². The molecule has 0 spiro atoms. The van der Waals surface area contributed by atoms with Crippen LogP contribution in [0.1, 0.15) is 37.3 Å². The van der Waals surface area contributed by atoms with Crippen LogP contribution in [0.2, 0.25) is 0 Å². The van der Waals surface area contributed by atoms with Crippen LogP contribution >= 0.6 is 0 Å². The lowest BCUT2D eigenvalue weighted by Gasteiger charge is -2.21. The quantitative estimate of drug-likeness (QED) is 0.785. The highest BCUT2D eigenvalue weighted by Crippen LogP contribution is 2.38. The predicted octanol–water partition coefficient (Wildman–Crippen LogP) is -0.237. The first-order chi connectivity index (χ1) is 10.6. The molecular formula is C15H20N4O3. The zero-order valence-corrected chi connectivity index (χ0v) is 12.4. The molecule has 2 aliphatic rings. The van der Waals surface area contributed by atoms with Gasteiger partial charge in [0.2, 0.25) is 11.8 Å². The Morgan fingerprint density at radius 2 is 2.14 bits per heavy atom. The van der Waals surface area contributed by atoms with E-state index in [0.717, 1.165) is 18.5 Å². The molecule has 1 aliphatic heterocycles. The average molecular weight is 304 g/mol. The topological polar surface area (TPSA) is 93.1 Å². The molecule has 1 aromatic heterocycles. The van der Waals surface area contributed by atoms with Crippen LogP contribution in [0.3, 0.4) is 0 Å². The lowest BCUT2D eigenvalue weighted by Crippen LogP contribution is -2.44. The Hall–Kier alpha value is -2.18. The van der Waals surface area contributed by atoms with Gasteiger partial charge >= 0.3 is 0 Å². The first-order valence-corrected chi connectivity index (χ1v) is 7.76. The van der Waals surface area contributed by atoms with Gasteiger partial charge in [0.05, 0.1) is 18.2 Å². The zero-order chi connectivity index (χ0) is 15.5. The monoisotopic (exact) mass is 304 g/mol. The summed E-state index contributed by atoms with van der Waals surface area (Å²) in [6.07, 6.45) is 3.24. The minimum Gasteiger partial charge on any atom is -0.355 e. The van der Waals surface area contributed by atoms with E-state index in [1.165, 1.54) is 4.68 Å². The average Bonchev–Trinajstić information content (AvgIpc) is 3.34. The normalized spacial score (nSPS) is 21.3. The van der Waals surface area contributed by atoms with Gasteiger partial charge in [0.25, 0.3) is 5.56 Å². The summed E-state index contributed by atoms with van der Waals surface area (Å²) in [6, 6.07) is 3.33. The van der Waals surface area contributed by atoms with E-state index in [9.17, 15) is 14.4 Å². The number of nitrogens with one attached hydrogen (secondary N) is 2. The molecule has 1 aromatic rings. The van der Waals surface area contributed by atoms with Crippen molar-refractivity contribution >= 4 is 11.8 Å². The number of amides is 2. The third-order valence-corrected chi connectivity index (χ3v) is 4.14. The van der Waals surface area contributed by atoms with Crippen LogP contribution in [0.4, 0.5) is 0 Å². The molecule has 1 aliphatic carbocycles. The van der Waals surface area contributed by atoms with Crippen molar-refractivity contribution in [1.29, 1.82) is 0 Å². The molecule has 22 heavy (non-hydrogen) atoms. The lowest BCUT2D eigenvalue weighted by molar-refractivity contribution is -0.128. The minimum absolute atomic E-state index is 0.00306. The second-order valence-electron chi connectivity index (χ2n) is 5.92. The highest BCUT2D eigenvalue weighted by molar-refractivity contribution is 5.83. The van der Waals surface area contributed by atoms with Gasteiger partial charge in [-0.2, -0.15) is 5.10 Å². The van der Waals surface area contributed by atoms with E-state index in [0.29, 0.717) is 38.4 Å². The van der Waals surface area contributed by atoms with Crippen molar-refractivity contribution in [2.45, 2.75) is 38.1 Å². The van der Waals surface area contributed by atoms with Gasteiger partial charge < -0.3 is 10.6 Å². The highest BCUT2D eigenvalue weighted by Gasteiger charge is 2.26. The summed E-state index contributed by atoms with van der Waals surface area (Å²) < 4.78 is 1.41. The highest BCUT2D eigenvalue weighted by atomic mass is 16.2. The molecule has 118 valence electrons. The molecule has 0 aromatic carbocycles. The fourth-order valence-corrected chi connectivity index (χ4v) is 2.61. The molecule has 3 rings (SSSR count). The van der Waals surface area contributed by atoms with E-state index in [1.54, 1.807) is 12.1 Å². The fourth-order valence-electron chi connectivity index (χ4n) is 2.61. The molecule has 2 fully saturated rings. The molecule has 2 amide bonds. The molecule has 1 saturated carbocycles. The molecule has 1 atom stereocenters. The maximum atomic E-state index is 12.0. The van der Waals surface area contributed by atoms with Gasteiger partial charge in [-0.05, 0) is 25.3 Å². The largest absolute Gasteiger partial charge is 0.355 e. The molecule has 1 unspecified atom stereocenters. The van der Waals surface area contributed by atoms with Gasteiger partial charge in [0, 0.05) is 31.5 Å². The number of hydrogen-bond donors (Lipinski definition) is 2. The van der Waals surface area contributed by atoms with Crippen LogP contribution < -0.4 is 16.2 Å². The van der Waals surface area contributed by atoms with Crippen LogP contribution in [0.25, 0.3) is 0 Å². The SMILES string of the molecule is O=C1CCC(C(=O)NCCn2nc(C3CC3)ccc2=O)CN1. The first kappa shape index (κ1) is 14.7. The standard InChI is InChI=1S/C15H20N4O3/c20-13-5-3-11(9-17-13)15(22)16-7-8-19-14(21)6-4-12(18-19)10-1-2-10/h4,6,10-11H,1-3,5,7-9H2,(H,16,22)(H,17,20). The van der Waals surface area contributed by atoms with E-state index in [2.05, 4.69) is 15.7 Å². The number of carbonyl (C=O) groups is 2. The van der Waals surface area contributed by atoms with Gasteiger partial charge in [0.15, 0.2) is 0 Å². The molecule has 2 heterocycles. The maximum absolute atomic E-state index is 12.0. The molecule has 1 saturated heterocycles. The van der Waals surface area contributed by atoms with Gasteiger partial charge in [-0.1, -0.05) is 0 Å². The number of hydrogen-bond acceptors (Lipinski definition) is 4. The number of carbonyl (C=O) groups excluding carboxylic acids is 2. The Bertz CT molecular complexity index is 626. The van der Waals surface area contributed by atoms with E-state index in [4.69, 9.17) is 0 Å². The third kappa shape index (κ3) is 3.52. The Morgan fingerprint density at radius 1 is 1.32 bits per heavy atom. The van der Waals surface area contributed by atoms with Gasteiger partial charge in [-0.15, -0.1) is 0 Å². The summed E-state index contributed by atoms with van der Waals surface area (Å²) >= 11 is 0. The van der Waals surface area contributed by atoms with Crippen LogP contribution in [-0.4, -0.2) is 34.7 Å². The molecule has 2 N–H and O–H groups in total. The number of nitrogens with zero attached hydrogens (tertiary/aromatic N) is 2. The van der Waals surface area contributed by atoms with Crippen LogP contribution in [0, 0.1) is 5.92 Å². The van der Waals surface area contributed by atoms with Crippen molar-refractivity contribution in [3.63, 3.8) is 0 Å². The van der Waals surface area contributed by atoms with Crippen LogP contribution in [0.15, 0.2) is 16.9 Å². The summed E-state index contributed by atoms with van der Waals surface area (Å²) in [5.41, 5.74) is 0.810. The van der Waals surface area contributed by atoms with Crippen molar-refractivity contribution in [3.8, 4) is 0 Å². The number of piperidine rings is 1. The van der Waals surface area contributed by atoms with E-state index < -0.39 is 0 Å². The van der Waals surface area contributed by atoms with Crippen molar-refractivity contribution in [3.05, 3.63) is 28.2 Å². The van der Waals surface area contributed by atoms with Gasteiger partial charge in [0.1, 0.15) is 0 Å². The van der Waals surface area contributed by atoms with E-state index in [1.807, 2.05) is 0 Å². The van der Waals surface area contributed by atoms with Crippen molar-refractivity contribution in [1.82, 2.24) is 20.4 Å². The molecule has 7 nitrogen and oxygen atoms in total. The van der Waals surface area contributed by atoms with Crippen molar-refractivity contribution < 1.29 is 9.59 Å². The van der Waals surface area contributed by atoms with E-state index in [-0.39, 0.29) is 23.3 Å². The van der Waals surface area contributed by atoms with Crippen LogP contribution in [0.5, 0.6) is 0 Å². The number of rotatable bonds is 5. The third-order valence-electron chi connectivity index (χ3n) is 4.14. The summed E-state index contributed by atoms with van der Waals surface area (Å²) in [7, 11) is 0. The Balaban J connectivity index is 1.50. The summed E-state index contributed by atoms with van der Waals surface area (Å²) in [6.45, 7) is 1.12. The minimum atomic E-state index is -0.180. The molecular weight excluding hydrogens is 284 g/mol. The number of aromatic nitrogens is 2. The summed E-state index contributed by atoms with van der Waals surface area (Å²) in [5, 5.41) is 9.86. The van der Waals surface area contributed by atoms with Crippen molar-refractivity contribution in [2.24, 2.45) is 5.92 Å². The molecule has 0 radical (unpaired) electrons. The second kappa shape index (κ2) is 6.29. The lowest BCUT2D eigenvalue weighted by atomic mass is 9.98. The predicted molar refractivity (Wildman–Crippen MR) is 79.2 cm³/mol. The summed E-state index contributed by atoms with van der Waals surface area (Å²) in [4.78, 5) is 34.8. The molecule has 0 bridgehead atoms. The smallest absolute Gasteiger partial charge is 0.266 e. The first-order valence-electron chi connectivity index (χ1n) is 7.76. The van der Waals surface area contributed by atoms with Crippen molar-refractivity contribution in [2.75, 3.05) is 13.1 Å². The summed E-state index contributed by atoms with van der Waals surface area (Å²) in [5.74, 6) is 0.232. The Kier molecular flexibility index (Phi) is 4.22. The van der Waals surface area contributed by atoms with Gasteiger partial charge in [-0.25, -0.2) is 4.68 Å². The Morgan fingerprint density at radius 3 is 2.82 bits per heavy atom.